The molecule has 2 heterocycles. The van der Waals surface area contributed by atoms with Crippen LogP contribution in [0.4, 0.5) is 0 Å². The molecule has 0 amide bonds. The molecular formula is C18H20ClN3O2S. The zero-order valence-electron chi connectivity index (χ0n) is 14.1. The highest BCUT2D eigenvalue weighted by Crippen LogP contribution is 2.25. The van der Waals surface area contributed by atoms with Gasteiger partial charge in [0.1, 0.15) is 10.5 Å². The number of nitrogens with one attached hydrogen (secondary N) is 1. The lowest BCUT2D eigenvalue weighted by molar-refractivity contribution is 0.530. The van der Waals surface area contributed by atoms with Crippen LogP contribution in [0.2, 0.25) is 5.02 Å². The molecule has 25 heavy (non-hydrogen) atoms. The third-order valence-electron chi connectivity index (χ3n) is 3.86. The van der Waals surface area contributed by atoms with Crippen LogP contribution >= 0.6 is 11.6 Å². The molecule has 0 atom stereocenters. The fraction of sp³-hybridized carbons (Fsp3) is 0.278. The molecule has 0 bridgehead atoms. The average Bonchev–Trinajstić information content (AvgIpc) is 2.93. The predicted octanol–water partition coefficient (Wildman–Crippen LogP) is 3.82. The van der Waals surface area contributed by atoms with Crippen LogP contribution in [-0.2, 0) is 23.1 Å². The van der Waals surface area contributed by atoms with Gasteiger partial charge in [0.2, 0.25) is 10.0 Å². The van der Waals surface area contributed by atoms with Gasteiger partial charge in [0, 0.05) is 35.9 Å². The first kappa shape index (κ1) is 17.9. The Labute approximate surface area is 152 Å². The molecule has 0 spiro atoms. The second-order valence-corrected chi connectivity index (χ2v) is 8.47. The lowest BCUT2D eigenvalue weighted by atomic mass is 10.2. The molecule has 3 rings (SSSR count). The molecule has 1 N–H and O–H groups in total. The summed E-state index contributed by atoms with van der Waals surface area (Å²) in [5.74, 6) is 0.379. The number of aromatic nitrogens is 2. The van der Waals surface area contributed by atoms with Crippen molar-refractivity contribution in [1.29, 1.82) is 0 Å². The molecule has 7 heteroatoms. The second-order valence-electron chi connectivity index (χ2n) is 6.33. The number of benzene rings is 1. The van der Waals surface area contributed by atoms with Crippen molar-refractivity contribution in [3.63, 3.8) is 0 Å². The molecule has 0 saturated carbocycles. The van der Waals surface area contributed by atoms with Gasteiger partial charge in [-0.1, -0.05) is 43.6 Å². The van der Waals surface area contributed by atoms with Crippen molar-refractivity contribution >= 4 is 32.7 Å². The number of halogens is 1. The van der Waals surface area contributed by atoms with Crippen molar-refractivity contribution in [3.05, 3.63) is 59.4 Å². The van der Waals surface area contributed by atoms with Crippen LogP contribution in [0.1, 0.15) is 19.4 Å². The van der Waals surface area contributed by atoms with Crippen molar-refractivity contribution in [1.82, 2.24) is 14.3 Å². The van der Waals surface area contributed by atoms with E-state index in [9.17, 15) is 8.42 Å². The zero-order chi connectivity index (χ0) is 18.0. The molecule has 1 aromatic carbocycles. The molecule has 5 nitrogen and oxygen atoms in total. The normalized spacial score (nSPS) is 12.2. The first-order valence-corrected chi connectivity index (χ1v) is 9.91. The maximum absolute atomic E-state index is 12.8. The highest BCUT2D eigenvalue weighted by molar-refractivity contribution is 7.89. The van der Waals surface area contributed by atoms with Crippen molar-refractivity contribution in [2.45, 2.75) is 31.8 Å². The maximum atomic E-state index is 12.8. The summed E-state index contributed by atoms with van der Waals surface area (Å²) in [7, 11) is -3.69. The van der Waals surface area contributed by atoms with Crippen LogP contribution in [0.3, 0.4) is 0 Å². The van der Waals surface area contributed by atoms with E-state index in [2.05, 4.69) is 23.6 Å². The molecular weight excluding hydrogens is 358 g/mol. The van der Waals surface area contributed by atoms with E-state index in [0.29, 0.717) is 28.5 Å². The summed E-state index contributed by atoms with van der Waals surface area (Å²) in [5, 5.41) is 1.16. The van der Waals surface area contributed by atoms with E-state index in [1.54, 1.807) is 36.7 Å². The third kappa shape index (κ3) is 3.86. The van der Waals surface area contributed by atoms with Gasteiger partial charge >= 0.3 is 0 Å². The Morgan fingerprint density at radius 1 is 1.20 bits per heavy atom. The number of fused-ring (bicyclic) bond motifs is 1. The SMILES string of the molecule is CC(C)Cn1cc(S(=O)(=O)NCc2ccccc2Cl)c2cccnc21. The quantitative estimate of drug-likeness (QED) is 0.710. The summed E-state index contributed by atoms with van der Waals surface area (Å²) < 4.78 is 30.2. The fourth-order valence-corrected chi connectivity index (χ4v) is 4.15. The summed E-state index contributed by atoms with van der Waals surface area (Å²) in [4.78, 5) is 4.59. The molecule has 0 aliphatic rings. The van der Waals surface area contributed by atoms with Crippen LogP contribution in [-0.4, -0.2) is 18.0 Å². The largest absolute Gasteiger partial charge is 0.331 e. The summed E-state index contributed by atoms with van der Waals surface area (Å²) in [6.07, 6.45) is 3.33. The number of hydrogen-bond acceptors (Lipinski definition) is 3. The van der Waals surface area contributed by atoms with Crippen LogP contribution in [0.25, 0.3) is 11.0 Å². The smallest absolute Gasteiger partial charge is 0.243 e. The molecule has 0 fully saturated rings. The Balaban J connectivity index is 1.96. The molecule has 0 radical (unpaired) electrons. The van der Waals surface area contributed by atoms with E-state index in [-0.39, 0.29) is 11.4 Å². The Morgan fingerprint density at radius 2 is 1.96 bits per heavy atom. The average molecular weight is 378 g/mol. The summed E-state index contributed by atoms with van der Waals surface area (Å²) in [6, 6.07) is 10.7. The minimum atomic E-state index is -3.69. The number of nitrogens with zero attached hydrogens (tertiary/aromatic N) is 2. The number of sulfonamides is 1. The predicted molar refractivity (Wildman–Crippen MR) is 100 cm³/mol. The highest BCUT2D eigenvalue weighted by atomic mass is 35.5. The Kier molecular flexibility index (Phi) is 5.13. The third-order valence-corrected chi connectivity index (χ3v) is 5.66. The van der Waals surface area contributed by atoms with Gasteiger partial charge in [-0.3, -0.25) is 0 Å². The van der Waals surface area contributed by atoms with Gasteiger partial charge in [-0.2, -0.15) is 0 Å². The van der Waals surface area contributed by atoms with Crippen LogP contribution in [0.5, 0.6) is 0 Å². The van der Waals surface area contributed by atoms with Crippen molar-refractivity contribution in [2.24, 2.45) is 5.92 Å². The Bertz CT molecular complexity index is 996. The summed E-state index contributed by atoms with van der Waals surface area (Å²) >= 11 is 6.11. The van der Waals surface area contributed by atoms with Crippen LogP contribution < -0.4 is 4.72 Å². The van der Waals surface area contributed by atoms with Gasteiger partial charge in [0.15, 0.2) is 0 Å². The summed E-state index contributed by atoms with van der Waals surface area (Å²) in [6.45, 7) is 5.00. The molecule has 2 aromatic heterocycles. The van der Waals surface area contributed by atoms with Gasteiger partial charge < -0.3 is 4.57 Å². The van der Waals surface area contributed by atoms with E-state index in [1.165, 1.54) is 0 Å². The van der Waals surface area contributed by atoms with Crippen LogP contribution in [0.15, 0.2) is 53.7 Å². The van der Waals surface area contributed by atoms with Crippen molar-refractivity contribution < 1.29 is 8.42 Å². The first-order chi connectivity index (χ1) is 11.9. The van der Waals surface area contributed by atoms with Gasteiger partial charge in [0.05, 0.1) is 0 Å². The van der Waals surface area contributed by atoms with Gasteiger partial charge in [-0.15, -0.1) is 0 Å². The minimum absolute atomic E-state index is 0.138. The molecule has 0 aliphatic carbocycles. The van der Waals surface area contributed by atoms with Crippen LogP contribution in [0, 0.1) is 5.92 Å². The van der Waals surface area contributed by atoms with Crippen molar-refractivity contribution in [3.8, 4) is 0 Å². The molecule has 0 aliphatic heterocycles. The van der Waals surface area contributed by atoms with E-state index < -0.39 is 10.0 Å². The number of hydrogen-bond donors (Lipinski definition) is 1. The first-order valence-electron chi connectivity index (χ1n) is 8.05. The van der Waals surface area contributed by atoms with Gasteiger partial charge in [-0.05, 0) is 29.7 Å². The van der Waals surface area contributed by atoms with E-state index in [1.807, 2.05) is 16.7 Å². The molecule has 132 valence electrons. The van der Waals surface area contributed by atoms with Crippen molar-refractivity contribution in [2.75, 3.05) is 0 Å². The summed E-state index contributed by atoms with van der Waals surface area (Å²) in [5.41, 5.74) is 1.41. The maximum Gasteiger partial charge on any atom is 0.243 e. The number of rotatable bonds is 6. The van der Waals surface area contributed by atoms with E-state index >= 15 is 0 Å². The van der Waals surface area contributed by atoms with Gasteiger partial charge in [-0.25, -0.2) is 18.1 Å². The minimum Gasteiger partial charge on any atom is -0.331 e. The lowest BCUT2D eigenvalue weighted by Gasteiger charge is -2.07. The fourth-order valence-electron chi connectivity index (χ4n) is 2.73. The standard InChI is InChI=1S/C18H20ClN3O2S/c1-13(2)11-22-12-17(15-7-5-9-20-18(15)22)25(23,24)21-10-14-6-3-4-8-16(14)19/h3-9,12-13,21H,10-11H2,1-2H3. The highest BCUT2D eigenvalue weighted by Gasteiger charge is 2.22. The van der Waals surface area contributed by atoms with Gasteiger partial charge in [0.25, 0.3) is 0 Å². The lowest BCUT2D eigenvalue weighted by Crippen LogP contribution is -2.23. The Morgan fingerprint density at radius 3 is 2.68 bits per heavy atom. The molecule has 0 unspecified atom stereocenters. The Hall–Kier alpha value is -1.89. The second kappa shape index (κ2) is 7.15. The topological polar surface area (TPSA) is 64.0 Å². The monoisotopic (exact) mass is 377 g/mol. The van der Waals surface area contributed by atoms with E-state index in [4.69, 9.17) is 11.6 Å². The molecule has 3 aromatic rings. The molecule has 0 saturated heterocycles. The number of pyridine rings is 1. The van der Waals surface area contributed by atoms with E-state index in [0.717, 1.165) is 5.56 Å². The zero-order valence-corrected chi connectivity index (χ0v) is 15.7.